The Bertz CT molecular complexity index is 5580. The number of hydrogen-bond acceptors (Lipinski definition) is 30. The molecule has 30 heteroatoms. The molecule has 6 saturated carbocycles. The lowest BCUT2D eigenvalue weighted by molar-refractivity contribution is 0.124. The van der Waals surface area contributed by atoms with E-state index >= 15 is 0 Å². The molecule has 0 spiro atoms. The van der Waals surface area contributed by atoms with Crippen LogP contribution in [0.3, 0.4) is 0 Å². The second-order valence-electron chi connectivity index (χ2n) is 38.3. The number of aromatic nitrogens is 12. The summed E-state index contributed by atoms with van der Waals surface area (Å²) in [5, 5.41) is 56.2. The fraction of sp³-hybridized carbons (Fsp3) is 0.629. The van der Waals surface area contributed by atoms with E-state index in [1.54, 1.807) is 47.7 Å². The summed E-state index contributed by atoms with van der Waals surface area (Å²) in [5.74, 6) is 6.26. The summed E-state index contributed by atoms with van der Waals surface area (Å²) in [7, 11) is 8.54. The minimum Gasteiger partial charge on any atom is -0.393 e. The number of aliphatic hydroxyl groups excluding tert-OH is 2. The van der Waals surface area contributed by atoms with Crippen molar-refractivity contribution in [2.24, 2.45) is 5.73 Å². The second-order valence-corrected chi connectivity index (χ2v) is 44.8. The number of anilines is 6. The first-order valence-electron chi connectivity index (χ1n) is 48.6. The highest BCUT2D eigenvalue weighted by molar-refractivity contribution is 7.20. The Balaban J connectivity index is 0.0000000994. The van der Waals surface area contributed by atoms with Gasteiger partial charge in [0, 0.05) is 89.7 Å². The molecule has 12 aromatic heterocycles. The first-order valence-corrected chi connectivity index (χ1v) is 53.5. The van der Waals surface area contributed by atoms with Crippen LogP contribution in [0.4, 0.5) is 34.9 Å². The van der Waals surface area contributed by atoms with Gasteiger partial charge in [0.15, 0.2) is 0 Å². The second kappa shape index (κ2) is 41.7. The van der Waals surface area contributed by atoms with Crippen LogP contribution in [-0.4, -0.2) is 176 Å². The Morgan fingerprint density at radius 2 is 0.496 bits per heavy atom. The van der Waals surface area contributed by atoms with Crippen molar-refractivity contribution in [2.75, 3.05) is 60.1 Å². The van der Waals surface area contributed by atoms with Gasteiger partial charge in [0.2, 0.25) is 0 Å². The summed E-state index contributed by atoms with van der Waals surface area (Å²) in [6.45, 7) is 0. The molecule has 24 rings (SSSR count). The van der Waals surface area contributed by atoms with Crippen LogP contribution in [-0.2, 0) is 77.0 Å². The largest absolute Gasteiger partial charge is 0.393 e. The Morgan fingerprint density at radius 1 is 0.268 bits per heavy atom. The van der Waals surface area contributed by atoms with Crippen LogP contribution < -0.4 is 48.3 Å². The third-order valence-electron chi connectivity index (χ3n) is 29.6. The summed E-state index contributed by atoms with van der Waals surface area (Å²) in [6.07, 6.45) is 63.4. The van der Waals surface area contributed by atoms with Gasteiger partial charge in [-0.25, -0.2) is 59.8 Å². The topological polar surface area (TPSA) is 321 Å². The van der Waals surface area contributed by atoms with Crippen molar-refractivity contribution >= 4 is 164 Å². The summed E-state index contributed by atoms with van der Waals surface area (Å²) >= 11 is 11.1. The molecule has 0 radical (unpaired) electrons. The summed E-state index contributed by atoms with van der Waals surface area (Å²) in [5.41, 5.74) is 15.0. The fourth-order valence-corrected chi connectivity index (χ4v) is 29.9. The quantitative estimate of drug-likeness (QED) is 0.0454. The van der Waals surface area contributed by atoms with Crippen LogP contribution >= 0.6 is 68.0 Å². The van der Waals surface area contributed by atoms with E-state index in [0.717, 1.165) is 145 Å². The highest BCUT2D eigenvalue weighted by Crippen LogP contribution is 2.47. The number of rotatable bonds is 15. The zero-order valence-electron chi connectivity index (χ0n) is 74.9. The summed E-state index contributed by atoms with van der Waals surface area (Å²) < 4.78 is 0. The van der Waals surface area contributed by atoms with Crippen molar-refractivity contribution in [3.05, 3.63) is 101 Å². The number of nitrogens with zero attached hydrogens (tertiary/aromatic N) is 13. The monoisotopic (exact) mass is 1830 g/mol. The lowest BCUT2D eigenvalue weighted by Gasteiger charge is -2.33. The average Bonchev–Trinajstić information content (AvgIpc) is 1.63. The lowest BCUT2D eigenvalue weighted by atomic mass is 9.90. The van der Waals surface area contributed by atoms with E-state index in [4.69, 9.17) is 5.73 Å². The Hall–Kier alpha value is -7.20. The van der Waals surface area contributed by atoms with Crippen molar-refractivity contribution in [3.8, 4) is 0 Å². The zero-order valence-corrected chi connectivity index (χ0v) is 79.8. The normalized spacial score (nSPS) is 25.4. The van der Waals surface area contributed by atoms with Crippen LogP contribution in [0.5, 0.6) is 0 Å². The maximum atomic E-state index is 9.82. The molecular weight excluding hydrogens is 1700 g/mol. The molecule has 0 saturated heterocycles. The van der Waals surface area contributed by atoms with E-state index in [2.05, 4.69) is 135 Å². The van der Waals surface area contributed by atoms with Gasteiger partial charge >= 0.3 is 0 Å². The molecule has 4 atom stereocenters. The Morgan fingerprint density at radius 3 is 0.756 bits per heavy atom. The number of hydrogen-bond donors (Lipinski definition) is 11. The van der Waals surface area contributed by atoms with Crippen molar-refractivity contribution in [3.63, 3.8) is 0 Å². The molecule has 12 aromatic rings. The number of fused-ring (bicyclic) bond motifs is 18. The zero-order chi connectivity index (χ0) is 86.3. The van der Waals surface area contributed by atoms with Crippen LogP contribution in [0.1, 0.15) is 275 Å². The molecule has 12 aliphatic rings. The van der Waals surface area contributed by atoms with Gasteiger partial charge in [0.1, 0.15) is 102 Å². The van der Waals surface area contributed by atoms with Crippen LogP contribution in [0.15, 0.2) is 38.0 Å². The molecule has 12 heterocycles. The molecule has 6 fully saturated rings. The summed E-state index contributed by atoms with van der Waals surface area (Å²) in [6, 6.07) is 5.39. The Kier molecular flexibility index (Phi) is 29.2. The van der Waals surface area contributed by atoms with Crippen LogP contribution in [0.2, 0.25) is 0 Å². The van der Waals surface area contributed by atoms with Gasteiger partial charge < -0.3 is 63.4 Å². The predicted molar refractivity (Wildman–Crippen MR) is 529 cm³/mol. The molecule has 127 heavy (non-hydrogen) atoms. The minimum atomic E-state index is -0.160. The fourth-order valence-electron chi connectivity index (χ4n) is 22.5. The predicted octanol–water partition coefficient (Wildman–Crippen LogP) is 19.5. The van der Waals surface area contributed by atoms with Crippen LogP contribution in [0, 0.1) is 0 Å². The lowest BCUT2D eigenvalue weighted by Crippen LogP contribution is -2.36. The molecule has 0 aliphatic heterocycles. The first-order chi connectivity index (χ1) is 62.3. The number of thiophene rings is 6. The molecule has 0 unspecified atom stereocenters. The highest BCUT2D eigenvalue weighted by Gasteiger charge is 2.33. The molecule has 24 nitrogen and oxygen atoms in total. The van der Waals surface area contributed by atoms with Crippen molar-refractivity contribution in [2.45, 2.75) is 362 Å². The van der Waals surface area contributed by atoms with Gasteiger partial charge in [-0.15, -0.1) is 68.0 Å². The van der Waals surface area contributed by atoms with Crippen molar-refractivity contribution in [1.82, 2.24) is 75.3 Å². The first kappa shape index (κ1) is 89.0. The Labute approximate surface area is 772 Å². The molecule has 12 N–H and O–H groups in total. The molecule has 0 amide bonds. The van der Waals surface area contributed by atoms with E-state index in [1.165, 1.54) is 299 Å². The van der Waals surface area contributed by atoms with E-state index in [9.17, 15) is 10.2 Å². The number of aryl methyl sites for hydroxylation is 12. The third kappa shape index (κ3) is 20.7. The molecule has 0 bridgehead atoms. The number of aliphatic hydroxyl groups is 2. The third-order valence-corrected chi connectivity index (χ3v) is 36.8. The molecule has 678 valence electrons. The maximum Gasteiger partial charge on any atom is 0.138 e. The van der Waals surface area contributed by atoms with E-state index < -0.39 is 0 Å². The molecular formula is C97H132N22O2S6. The molecule has 12 aliphatic carbocycles. The number of nitrogens with two attached hydrogens (primary N) is 1. The van der Waals surface area contributed by atoms with Crippen molar-refractivity contribution in [1.29, 1.82) is 0 Å². The van der Waals surface area contributed by atoms with Gasteiger partial charge in [-0.1, -0.05) is 0 Å². The summed E-state index contributed by atoms with van der Waals surface area (Å²) in [4.78, 5) is 72.6. The van der Waals surface area contributed by atoms with E-state index in [0.29, 0.717) is 54.4 Å². The number of nitrogens with one attached hydrogen (secondary N) is 8. The van der Waals surface area contributed by atoms with E-state index in [-0.39, 0.29) is 12.2 Å². The molecule has 0 aromatic carbocycles. The standard InChI is InChI=1S/C18H26N4S.C17H24N4S.2C16H22N4S.2C15H19N3OS/c1-22(2)13-9-7-12(8-10-13)21-17-16-14-5-3-4-6-15(14)23-18(16)20-11-19-17;1-18-11-6-8-12(9-7-11)21-16-15-13-4-2-3-5-14(13)22-17(15)20-10-19-16;1-17-10-5-7-11(8-6-10)20-15-14-12-3-2-4-13(12)21-16(14)19-9-18-15;17-10-5-7-11(8-6-10)20-15-14-12-3-1-2-4-13(12)21-16(14)19-9-18-15;2*19-10-4-1-3-9(7-10)18-14-13-11-5-2-6-12(11)20-15(13)17-8-16-14/h11-13H,3-10H2,1-2H3,(H,19,20,21);10-12,18H,2-9H2,1H3,(H,19,20,21);9-11,17H,2-8H2,1H3,(H,18,19,20);9-11H,1-8,17H2,(H,18,19,20);2*8-10,19H,1-7H2,(H,16,17,18)/t;;;;9-,10+;9-,10-/m....00/s1. The van der Waals surface area contributed by atoms with Gasteiger partial charge in [0.05, 0.1) is 44.5 Å². The van der Waals surface area contributed by atoms with E-state index in [1.807, 2.05) is 68.0 Å². The smallest absolute Gasteiger partial charge is 0.138 e. The van der Waals surface area contributed by atoms with Crippen molar-refractivity contribution < 1.29 is 10.2 Å². The van der Waals surface area contributed by atoms with Gasteiger partial charge in [-0.05, 0) is 351 Å². The minimum absolute atomic E-state index is 0.160. The van der Waals surface area contributed by atoms with Gasteiger partial charge in [-0.3, -0.25) is 0 Å². The SMILES string of the molecule is CN(C)C1CCC(Nc2ncnc3sc4c(c23)CCCC4)CC1.CNC1CCC(Nc2ncnc3sc4c(c23)CCC4)CC1.CNC1CCC(Nc2ncnc3sc4c(c23)CCCC4)CC1.NC1CCC(Nc2ncnc3sc4c(c23)CCCC4)CC1.O[C@@H]1CCC[C@H](Nc2ncnc3sc4c(c23)CCC4)C1.O[C@H]1CCC[C@H](Nc2ncnc3sc4c(c23)CCC4)C1. The van der Waals surface area contributed by atoms with Gasteiger partial charge in [0.25, 0.3) is 0 Å². The highest BCUT2D eigenvalue weighted by atomic mass is 32.1. The maximum absolute atomic E-state index is 9.82. The average molecular weight is 1830 g/mol. The van der Waals surface area contributed by atoms with Crippen LogP contribution in [0.25, 0.3) is 61.3 Å². The van der Waals surface area contributed by atoms with Gasteiger partial charge in [-0.2, -0.15) is 0 Å².